The number of thiophene rings is 1. The Kier molecular flexibility index (Phi) is 3.29. The van der Waals surface area contributed by atoms with E-state index in [9.17, 15) is 0 Å². The highest BCUT2D eigenvalue weighted by Gasteiger charge is 2.14. The van der Waals surface area contributed by atoms with E-state index in [4.69, 9.17) is 4.98 Å². The molecule has 0 aliphatic rings. The number of hydrogen-bond donors (Lipinski definition) is 1. The molecule has 0 amide bonds. The predicted octanol–water partition coefficient (Wildman–Crippen LogP) is 3.46. The third-order valence-electron chi connectivity index (χ3n) is 3.34. The van der Waals surface area contributed by atoms with Crippen molar-refractivity contribution in [3.05, 3.63) is 66.2 Å². The average molecular weight is 307 g/mol. The zero-order valence-electron chi connectivity index (χ0n) is 11.7. The maximum atomic E-state index is 4.74. The molecule has 22 heavy (non-hydrogen) atoms. The molecule has 0 fully saturated rings. The summed E-state index contributed by atoms with van der Waals surface area (Å²) in [5.41, 5.74) is 2.78. The molecule has 4 aromatic heterocycles. The molecule has 0 unspecified atom stereocenters. The minimum Gasteiger partial charge on any atom is -0.364 e. The van der Waals surface area contributed by atoms with E-state index >= 15 is 0 Å². The van der Waals surface area contributed by atoms with E-state index in [0.717, 1.165) is 27.7 Å². The molecule has 0 aromatic carbocycles. The molecule has 0 aliphatic carbocycles. The van der Waals surface area contributed by atoms with Crippen LogP contribution in [0.3, 0.4) is 0 Å². The first-order valence-corrected chi connectivity index (χ1v) is 7.79. The molecule has 0 saturated carbocycles. The largest absolute Gasteiger partial charge is 0.364 e. The van der Waals surface area contributed by atoms with Crippen LogP contribution >= 0.6 is 11.3 Å². The summed E-state index contributed by atoms with van der Waals surface area (Å²) >= 11 is 1.68. The van der Waals surface area contributed by atoms with Crippen LogP contribution in [0.25, 0.3) is 16.2 Å². The number of imidazole rings is 1. The molecular weight excluding hydrogens is 294 g/mol. The van der Waals surface area contributed by atoms with Gasteiger partial charge in [0.2, 0.25) is 0 Å². The van der Waals surface area contributed by atoms with Crippen molar-refractivity contribution in [2.45, 2.75) is 6.54 Å². The number of nitrogens with one attached hydrogen (secondary N) is 1. The number of rotatable bonds is 4. The van der Waals surface area contributed by atoms with Crippen LogP contribution in [0.4, 0.5) is 5.82 Å². The van der Waals surface area contributed by atoms with Gasteiger partial charge in [-0.15, -0.1) is 11.3 Å². The molecule has 0 aliphatic heterocycles. The fourth-order valence-electron chi connectivity index (χ4n) is 2.35. The Balaban J connectivity index is 1.76. The molecule has 4 aromatic rings. The standard InChI is InChI=1S/C16H13N5S/c1-2-8-21-14(5-1)20-15(13-4-3-9-22-13)16(21)19-11-12-10-17-6-7-18-12/h1-10,19H,11H2. The molecular formula is C16H13N5S. The molecule has 0 saturated heterocycles. The molecule has 5 nitrogen and oxygen atoms in total. The van der Waals surface area contributed by atoms with E-state index in [2.05, 4.69) is 31.1 Å². The summed E-state index contributed by atoms with van der Waals surface area (Å²) in [5.74, 6) is 0.976. The van der Waals surface area contributed by atoms with Crippen molar-refractivity contribution >= 4 is 22.8 Å². The van der Waals surface area contributed by atoms with Crippen LogP contribution in [0, 0.1) is 0 Å². The number of hydrogen-bond acceptors (Lipinski definition) is 5. The first kappa shape index (κ1) is 13.0. The Hall–Kier alpha value is -2.73. The van der Waals surface area contributed by atoms with Gasteiger partial charge in [-0.2, -0.15) is 0 Å². The Bertz CT molecular complexity index is 883. The molecule has 6 heteroatoms. The molecule has 108 valence electrons. The lowest BCUT2D eigenvalue weighted by atomic mass is 10.3. The first-order chi connectivity index (χ1) is 10.9. The van der Waals surface area contributed by atoms with E-state index < -0.39 is 0 Å². The monoisotopic (exact) mass is 307 g/mol. The van der Waals surface area contributed by atoms with Gasteiger partial charge in [-0.3, -0.25) is 14.4 Å². The zero-order valence-corrected chi connectivity index (χ0v) is 12.5. The Morgan fingerprint density at radius 3 is 2.95 bits per heavy atom. The lowest BCUT2D eigenvalue weighted by molar-refractivity contribution is 0.992. The van der Waals surface area contributed by atoms with Gasteiger partial charge in [-0.05, 0) is 23.6 Å². The summed E-state index contributed by atoms with van der Waals surface area (Å²) in [4.78, 5) is 14.3. The fraction of sp³-hybridized carbons (Fsp3) is 0.0625. The van der Waals surface area contributed by atoms with Crippen molar-refractivity contribution in [2.24, 2.45) is 0 Å². The van der Waals surface area contributed by atoms with E-state index in [0.29, 0.717) is 6.54 Å². The molecule has 0 bridgehead atoms. The number of nitrogens with zero attached hydrogens (tertiary/aromatic N) is 4. The maximum absolute atomic E-state index is 4.74. The summed E-state index contributed by atoms with van der Waals surface area (Å²) in [5, 5.41) is 5.51. The maximum Gasteiger partial charge on any atom is 0.140 e. The van der Waals surface area contributed by atoms with Gasteiger partial charge < -0.3 is 5.32 Å². The van der Waals surface area contributed by atoms with Gasteiger partial charge in [0.1, 0.15) is 17.2 Å². The first-order valence-electron chi connectivity index (χ1n) is 6.91. The summed E-state index contributed by atoms with van der Waals surface area (Å²) in [6, 6.07) is 10.1. The number of aromatic nitrogens is 4. The van der Waals surface area contributed by atoms with Gasteiger partial charge in [0, 0.05) is 18.6 Å². The highest BCUT2D eigenvalue weighted by molar-refractivity contribution is 7.13. The lowest BCUT2D eigenvalue weighted by Crippen LogP contribution is -2.04. The SMILES string of the molecule is c1csc(-c2nc3ccccn3c2NCc2cnccn2)c1. The smallest absolute Gasteiger partial charge is 0.140 e. The molecule has 4 rings (SSSR count). The summed E-state index contributed by atoms with van der Waals surface area (Å²) in [7, 11) is 0. The zero-order chi connectivity index (χ0) is 14.8. The Morgan fingerprint density at radius 1 is 1.14 bits per heavy atom. The van der Waals surface area contributed by atoms with Crippen LogP contribution in [0.1, 0.15) is 5.69 Å². The van der Waals surface area contributed by atoms with Crippen LogP contribution in [0.2, 0.25) is 0 Å². The third-order valence-corrected chi connectivity index (χ3v) is 4.21. The van der Waals surface area contributed by atoms with E-state index in [1.807, 2.05) is 30.5 Å². The number of fused-ring (bicyclic) bond motifs is 1. The van der Waals surface area contributed by atoms with Crippen LogP contribution in [-0.4, -0.2) is 19.4 Å². The van der Waals surface area contributed by atoms with Gasteiger partial charge in [0.05, 0.1) is 23.3 Å². The van der Waals surface area contributed by atoms with E-state index in [1.54, 1.807) is 29.9 Å². The van der Waals surface area contributed by atoms with Crippen molar-refractivity contribution in [3.8, 4) is 10.6 Å². The second-order valence-electron chi connectivity index (χ2n) is 4.77. The van der Waals surface area contributed by atoms with Crippen molar-refractivity contribution in [2.75, 3.05) is 5.32 Å². The fourth-order valence-corrected chi connectivity index (χ4v) is 3.06. The van der Waals surface area contributed by atoms with Gasteiger partial charge in [0.25, 0.3) is 0 Å². The second-order valence-corrected chi connectivity index (χ2v) is 5.71. The van der Waals surface area contributed by atoms with Crippen molar-refractivity contribution < 1.29 is 0 Å². The van der Waals surface area contributed by atoms with Crippen molar-refractivity contribution in [1.82, 2.24) is 19.4 Å². The quantitative estimate of drug-likeness (QED) is 0.627. The van der Waals surface area contributed by atoms with E-state index in [-0.39, 0.29) is 0 Å². The van der Waals surface area contributed by atoms with Gasteiger partial charge in [-0.25, -0.2) is 4.98 Å². The van der Waals surface area contributed by atoms with Crippen LogP contribution in [0.5, 0.6) is 0 Å². The topological polar surface area (TPSA) is 55.1 Å². The van der Waals surface area contributed by atoms with Gasteiger partial charge in [-0.1, -0.05) is 12.1 Å². The summed E-state index contributed by atoms with van der Waals surface area (Å²) in [6.07, 6.45) is 7.15. The van der Waals surface area contributed by atoms with Crippen molar-refractivity contribution in [3.63, 3.8) is 0 Å². The molecule has 0 radical (unpaired) electrons. The second kappa shape index (κ2) is 5.57. The van der Waals surface area contributed by atoms with Gasteiger partial charge >= 0.3 is 0 Å². The predicted molar refractivity (Wildman–Crippen MR) is 87.9 cm³/mol. The molecule has 4 heterocycles. The van der Waals surface area contributed by atoms with E-state index in [1.165, 1.54) is 0 Å². The number of anilines is 1. The normalized spacial score (nSPS) is 10.9. The highest BCUT2D eigenvalue weighted by Crippen LogP contribution is 2.32. The van der Waals surface area contributed by atoms with Crippen LogP contribution in [0.15, 0.2) is 60.5 Å². The highest BCUT2D eigenvalue weighted by atomic mass is 32.1. The van der Waals surface area contributed by atoms with Crippen LogP contribution in [-0.2, 0) is 6.54 Å². The van der Waals surface area contributed by atoms with Gasteiger partial charge in [0.15, 0.2) is 0 Å². The molecule has 0 spiro atoms. The molecule has 1 N–H and O–H groups in total. The lowest BCUT2D eigenvalue weighted by Gasteiger charge is -2.07. The van der Waals surface area contributed by atoms with Crippen molar-refractivity contribution in [1.29, 1.82) is 0 Å². The Morgan fingerprint density at radius 2 is 2.14 bits per heavy atom. The number of pyridine rings is 1. The minimum atomic E-state index is 0.606. The summed E-state index contributed by atoms with van der Waals surface area (Å²) < 4.78 is 2.06. The Labute approximate surface area is 131 Å². The average Bonchev–Trinajstić information content (AvgIpc) is 3.21. The molecule has 0 atom stereocenters. The minimum absolute atomic E-state index is 0.606. The van der Waals surface area contributed by atoms with Crippen LogP contribution < -0.4 is 5.32 Å². The summed E-state index contributed by atoms with van der Waals surface area (Å²) in [6.45, 7) is 0.606. The third kappa shape index (κ3) is 2.33.